The van der Waals surface area contributed by atoms with Gasteiger partial charge in [-0.3, -0.25) is 14.4 Å². The number of carbonyl (C=O) groups excluding carboxylic acids is 3. The van der Waals surface area contributed by atoms with Crippen LogP contribution in [-0.4, -0.2) is 61.4 Å². The summed E-state index contributed by atoms with van der Waals surface area (Å²) in [5.41, 5.74) is 0. The number of ether oxygens (including phenoxy) is 1. The van der Waals surface area contributed by atoms with Crippen molar-refractivity contribution in [1.82, 2.24) is 10.2 Å². The minimum absolute atomic E-state index is 0.0743. The summed E-state index contributed by atoms with van der Waals surface area (Å²) in [6.07, 6.45) is 40.1. The number of hydrogen-bond acceptors (Lipinski definition) is 6. The topological polar surface area (TPSA) is 75.7 Å². The van der Waals surface area contributed by atoms with Crippen LogP contribution in [0.5, 0.6) is 0 Å². The summed E-state index contributed by atoms with van der Waals surface area (Å²) in [4.78, 5) is 42.7. The van der Waals surface area contributed by atoms with Crippen molar-refractivity contribution < 1.29 is 19.1 Å². The van der Waals surface area contributed by atoms with Crippen LogP contribution in [0.25, 0.3) is 0 Å². The number of thioether (sulfide) groups is 1. The summed E-state index contributed by atoms with van der Waals surface area (Å²) in [6.45, 7) is 10.6. The molecule has 0 rings (SSSR count). The van der Waals surface area contributed by atoms with E-state index < -0.39 is 11.9 Å². The van der Waals surface area contributed by atoms with Gasteiger partial charge < -0.3 is 15.0 Å². The molecule has 0 aromatic rings. The molecule has 0 saturated heterocycles. The molecule has 0 aliphatic heterocycles. The number of rotatable bonds is 43. The lowest BCUT2D eigenvalue weighted by atomic mass is 9.94. The van der Waals surface area contributed by atoms with Crippen molar-refractivity contribution >= 4 is 28.8 Å². The van der Waals surface area contributed by atoms with E-state index in [1.54, 1.807) is 0 Å². The van der Waals surface area contributed by atoms with Gasteiger partial charge >= 0.3 is 5.97 Å². The second-order valence-corrected chi connectivity index (χ2v) is 18.5. The molecule has 0 aliphatic carbocycles. The van der Waals surface area contributed by atoms with Crippen LogP contribution in [0, 0.1) is 17.8 Å². The number of amides is 1. The Morgan fingerprint density at radius 1 is 0.518 bits per heavy atom. The Morgan fingerprint density at radius 2 is 0.893 bits per heavy atom. The Morgan fingerprint density at radius 3 is 1.30 bits per heavy atom. The zero-order valence-corrected chi connectivity index (χ0v) is 39.2. The molecule has 332 valence electrons. The van der Waals surface area contributed by atoms with E-state index in [-0.39, 0.29) is 16.9 Å². The molecule has 6 nitrogen and oxygen atoms in total. The quantitative estimate of drug-likeness (QED) is 0.0376. The fourth-order valence-corrected chi connectivity index (χ4v) is 8.77. The second-order valence-electron chi connectivity index (χ2n) is 17.4. The molecule has 0 saturated carbocycles. The molecule has 0 aromatic carbocycles. The van der Waals surface area contributed by atoms with E-state index in [0.717, 1.165) is 38.5 Å². The first-order valence-corrected chi connectivity index (χ1v) is 25.5. The fraction of sp³-hybridized carbons (Fsp3) is 0.939. The van der Waals surface area contributed by atoms with Gasteiger partial charge in [0, 0.05) is 24.8 Å². The lowest BCUT2D eigenvalue weighted by Gasteiger charge is -2.21. The third-order valence-corrected chi connectivity index (χ3v) is 12.7. The van der Waals surface area contributed by atoms with Crippen LogP contribution < -0.4 is 5.32 Å². The van der Waals surface area contributed by atoms with Crippen molar-refractivity contribution in [3.63, 3.8) is 0 Å². The minimum Gasteiger partial charge on any atom is -0.465 e. The summed E-state index contributed by atoms with van der Waals surface area (Å²) in [6, 6.07) is 0. The van der Waals surface area contributed by atoms with E-state index in [2.05, 4.69) is 33.0 Å². The molecule has 3 unspecified atom stereocenters. The van der Waals surface area contributed by atoms with Crippen molar-refractivity contribution in [3.05, 3.63) is 0 Å². The summed E-state index contributed by atoms with van der Waals surface area (Å²) < 4.78 is 6.05. The number of nitrogens with zero attached hydrogens (tertiary/aromatic N) is 1. The standard InChI is InChI=1S/C49H96N2O4S/c1-7-11-15-19-22-24-25-27-29-32-36-44(35-31-28-26-23-20-16-12-8-2)43-55-48(53)46(47(52)50-40-41-51(5)6)39-42-56-49(54)45(37-33-18-14-10-4)38-34-30-21-17-13-9-3/h44-46H,7-43H2,1-6H3,(H,50,52). The molecule has 0 aromatic heterocycles. The van der Waals surface area contributed by atoms with Crippen LogP contribution in [0.4, 0.5) is 0 Å². The molecule has 7 heteroatoms. The Kier molecular flexibility index (Phi) is 41.2. The maximum atomic E-state index is 13.7. The van der Waals surface area contributed by atoms with Crippen LogP contribution in [0.2, 0.25) is 0 Å². The first-order valence-electron chi connectivity index (χ1n) is 24.6. The molecule has 0 spiro atoms. The number of esters is 1. The first kappa shape index (κ1) is 54.9. The molecule has 0 aliphatic rings. The van der Waals surface area contributed by atoms with Gasteiger partial charge in [-0.1, -0.05) is 219 Å². The lowest BCUT2D eigenvalue weighted by Crippen LogP contribution is -2.40. The smallest absolute Gasteiger partial charge is 0.318 e. The van der Waals surface area contributed by atoms with Crippen molar-refractivity contribution in [3.8, 4) is 0 Å². The molecular weight excluding hydrogens is 713 g/mol. The maximum absolute atomic E-state index is 13.7. The molecule has 3 atom stereocenters. The predicted octanol–water partition coefficient (Wildman–Crippen LogP) is 14.3. The number of nitrogens with one attached hydrogen (secondary N) is 1. The Balaban J connectivity index is 5.31. The van der Waals surface area contributed by atoms with E-state index in [9.17, 15) is 14.4 Å². The summed E-state index contributed by atoms with van der Waals surface area (Å²) in [5, 5.41) is 3.24. The second kappa shape index (κ2) is 42.1. The van der Waals surface area contributed by atoms with Crippen LogP contribution in [0.1, 0.15) is 240 Å². The highest BCUT2D eigenvalue weighted by Gasteiger charge is 2.29. The van der Waals surface area contributed by atoms with Crippen LogP contribution in [0.3, 0.4) is 0 Å². The molecule has 0 fully saturated rings. The third kappa shape index (κ3) is 34.9. The molecule has 56 heavy (non-hydrogen) atoms. The summed E-state index contributed by atoms with van der Waals surface area (Å²) in [7, 11) is 3.95. The first-order chi connectivity index (χ1) is 27.3. The van der Waals surface area contributed by atoms with Crippen LogP contribution in [-0.2, 0) is 19.1 Å². The average Bonchev–Trinajstić information content (AvgIpc) is 3.18. The van der Waals surface area contributed by atoms with E-state index in [0.29, 0.717) is 37.8 Å². The Labute approximate surface area is 353 Å². The van der Waals surface area contributed by atoms with Gasteiger partial charge in [-0.05, 0) is 52.1 Å². The van der Waals surface area contributed by atoms with E-state index in [1.165, 1.54) is 179 Å². The number of likely N-dealkylation sites (N-methyl/N-ethyl adjacent to an activating group) is 1. The van der Waals surface area contributed by atoms with Gasteiger partial charge in [0.15, 0.2) is 5.12 Å². The van der Waals surface area contributed by atoms with Gasteiger partial charge in [0.1, 0.15) is 5.92 Å². The van der Waals surface area contributed by atoms with Gasteiger partial charge in [-0.15, -0.1) is 0 Å². The van der Waals surface area contributed by atoms with Crippen molar-refractivity contribution in [2.75, 3.05) is 39.5 Å². The maximum Gasteiger partial charge on any atom is 0.318 e. The van der Waals surface area contributed by atoms with Gasteiger partial charge in [0.25, 0.3) is 0 Å². The number of hydrogen-bond donors (Lipinski definition) is 1. The van der Waals surface area contributed by atoms with Crippen molar-refractivity contribution in [2.45, 2.75) is 240 Å². The normalized spacial score (nSPS) is 13.2. The largest absolute Gasteiger partial charge is 0.465 e. The minimum atomic E-state index is -0.875. The number of carbonyl (C=O) groups is 3. The van der Waals surface area contributed by atoms with Gasteiger partial charge in [-0.25, -0.2) is 0 Å². The van der Waals surface area contributed by atoms with Gasteiger partial charge in [-0.2, -0.15) is 0 Å². The number of unbranched alkanes of at least 4 members (excludes halogenated alkanes) is 24. The van der Waals surface area contributed by atoms with E-state index in [1.807, 2.05) is 19.0 Å². The highest BCUT2D eigenvalue weighted by molar-refractivity contribution is 8.13. The molecule has 0 radical (unpaired) electrons. The zero-order chi connectivity index (χ0) is 41.3. The molecular formula is C49H96N2O4S. The monoisotopic (exact) mass is 809 g/mol. The van der Waals surface area contributed by atoms with E-state index >= 15 is 0 Å². The van der Waals surface area contributed by atoms with Crippen LogP contribution >= 0.6 is 11.8 Å². The van der Waals surface area contributed by atoms with Crippen molar-refractivity contribution in [2.24, 2.45) is 17.8 Å². The molecule has 1 N–H and O–H groups in total. The average molecular weight is 809 g/mol. The highest BCUT2D eigenvalue weighted by atomic mass is 32.2. The SMILES string of the molecule is CCCCCCCCCCCCC(CCCCCCCCCC)COC(=O)C(CCSC(=O)C(CCCCCC)CCCCCCCC)C(=O)NCCN(C)C. The van der Waals surface area contributed by atoms with E-state index in [4.69, 9.17) is 4.74 Å². The van der Waals surface area contributed by atoms with Crippen molar-refractivity contribution in [1.29, 1.82) is 0 Å². The third-order valence-electron chi connectivity index (χ3n) is 11.6. The van der Waals surface area contributed by atoms with Gasteiger partial charge in [0.2, 0.25) is 5.91 Å². The van der Waals surface area contributed by atoms with Gasteiger partial charge in [0.05, 0.1) is 6.61 Å². The predicted molar refractivity (Wildman–Crippen MR) is 246 cm³/mol. The molecule has 0 heterocycles. The van der Waals surface area contributed by atoms with Crippen LogP contribution in [0.15, 0.2) is 0 Å². The fourth-order valence-electron chi connectivity index (χ4n) is 7.74. The Bertz CT molecular complexity index is 884. The molecule has 1 amide bonds. The summed E-state index contributed by atoms with van der Waals surface area (Å²) >= 11 is 1.35. The highest BCUT2D eigenvalue weighted by Crippen LogP contribution is 2.27. The molecule has 0 bridgehead atoms. The summed E-state index contributed by atoms with van der Waals surface area (Å²) in [5.74, 6) is -0.653. The zero-order valence-electron chi connectivity index (χ0n) is 38.4. The Hall–Kier alpha value is -1.08. The lowest BCUT2D eigenvalue weighted by molar-refractivity contribution is -0.154.